The third-order valence-corrected chi connectivity index (χ3v) is 6.21. The Labute approximate surface area is 186 Å². The zero-order valence-electron chi connectivity index (χ0n) is 18.3. The lowest BCUT2D eigenvalue weighted by Gasteiger charge is -2.33. The first-order valence-electron chi connectivity index (χ1n) is 10.3. The zero-order chi connectivity index (χ0) is 22.0. The second kappa shape index (κ2) is 9.15. The van der Waals surface area contributed by atoms with Gasteiger partial charge in [0, 0.05) is 40.5 Å². The van der Waals surface area contributed by atoms with Crippen molar-refractivity contribution in [1.82, 2.24) is 9.55 Å². The van der Waals surface area contributed by atoms with Crippen LogP contribution in [0.4, 0.5) is 5.69 Å². The Kier molecular flexibility index (Phi) is 6.79. The van der Waals surface area contributed by atoms with Gasteiger partial charge in [0.05, 0.1) is 5.69 Å². The molecule has 30 heavy (non-hydrogen) atoms. The maximum absolute atomic E-state index is 8.12. The van der Waals surface area contributed by atoms with Crippen LogP contribution in [0.5, 0.6) is 0 Å². The van der Waals surface area contributed by atoms with E-state index in [9.17, 15) is 0 Å². The summed E-state index contributed by atoms with van der Waals surface area (Å²) in [6.07, 6.45) is 5.12. The van der Waals surface area contributed by atoms with Gasteiger partial charge in [-0.3, -0.25) is 0 Å². The molecule has 3 aromatic rings. The number of nitrogens with zero attached hydrogens (tertiary/aromatic N) is 3. The van der Waals surface area contributed by atoms with Crippen LogP contribution in [0, 0.1) is 33.6 Å². The molecule has 1 saturated heterocycles. The van der Waals surface area contributed by atoms with E-state index in [1.807, 2.05) is 0 Å². The first kappa shape index (κ1) is 22.3. The Balaban J connectivity index is 0.000000806. The van der Waals surface area contributed by atoms with Crippen molar-refractivity contribution in [1.29, 1.82) is 0 Å². The Morgan fingerprint density at radius 1 is 1.07 bits per heavy atom. The smallest absolute Gasteiger partial charge is 0.371 e. The molecule has 6 heteroatoms. The molecule has 2 aromatic heterocycles. The molecule has 1 unspecified atom stereocenters. The number of carbonyl (C=O) groups excluding carboxylic acids is 2. The van der Waals surface area contributed by atoms with Gasteiger partial charge < -0.3 is 9.47 Å². The molecule has 0 saturated carbocycles. The highest BCUT2D eigenvalue weighted by Crippen LogP contribution is 2.36. The summed E-state index contributed by atoms with van der Waals surface area (Å²) >= 11 is 3.62. The van der Waals surface area contributed by atoms with E-state index >= 15 is 0 Å². The first-order chi connectivity index (χ1) is 14.3. The van der Waals surface area contributed by atoms with Crippen LogP contribution in [-0.4, -0.2) is 28.8 Å². The lowest BCUT2D eigenvalue weighted by Crippen LogP contribution is -2.34. The summed E-state index contributed by atoms with van der Waals surface area (Å²) in [7, 11) is 0. The number of benzene rings is 1. The molecule has 3 heterocycles. The fraction of sp³-hybridized carbons (Fsp3) is 0.417. The van der Waals surface area contributed by atoms with E-state index in [0.717, 1.165) is 34.8 Å². The van der Waals surface area contributed by atoms with E-state index < -0.39 is 0 Å². The van der Waals surface area contributed by atoms with Gasteiger partial charge in [-0.1, -0.05) is 22.9 Å². The van der Waals surface area contributed by atoms with Gasteiger partial charge >= 0.3 is 6.15 Å². The number of hydrogen-bond acceptors (Lipinski definition) is 4. The molecule has 5 nitrogen and oxygen atoms in total. The number of aryl methyl sites for hydroxylation is 4. The first-order valence-corrected chi connectivity index (χ1v) is 11.1. The van der Waals surface area contributed by atoms with Gasteiger partial charge in [-0.2, -0.15) is 9.59 Å². The standard InChI is InChI=1S/C23H28BrN3.CO2/c1-14-7-6-8-26(12-14)20-11-18(5)25-23-21(20)17(4)13-27(23)22-15(2)9-19(24)10-16(22)3;2-1-3/h9-11,13-14H,6-8,12H2,1-5H3;. The van der Waals surface area contributed by atoms with Gasteiger partial charge in [0.1, 0.15) is 5.65 Å². The highest BCUT2D eigenvalue weighted by atomic mass is 79.9. The predicted molar refractivity (Wildman–Crippen MR) is 123 cm³/mol. The monoisotopic (exact) mass is 469 g/mol. The average Bonchev–Trinajstić information content (AvgIpc) is 2.97. The van der Waals surface area contributed by atoms with E-state index in [1.54, 1.807) is 0 Å². The molecule has 1 aromatic carbocycles. The Morgan fingerprint density at radius 2 is 1.70 bits per heavy atom. The van der Waals surface area contributed by atoms with Crippen LogP contribution in [0.3, 0.4) is 0 Å². The number of aromatic nitrogens is 2. The lowest BCUT2D eigenvalue weighted by molar-refractivity contribution is -0.191. The van der Waals surface area contributed by atoms with E-state index in [2.05, 4.69) is 84.4 Å². The molecule has 0 aliphatic carbocycles. The number of halogens is 1. The molecular formula is C24H28BrN3O2. The van der Waals surface area contributed by atoms with Crippen LogP contribution in [0.1, 0.15) is 42.1 Å². The lowest BCUT2D eigenvalue weighted by atomic mass is 9.99. The van der Waals surface area contributed by atoms with Crippen molar-refractivity contribution in [2.75, 3.05) is 18.0 Å². The molecular weight excluding hydrogens is 442 g/mol. The van der Waals surface area contributed by atoms with Crippen molar-refractivity contribution >= 4 is 38.8 Å². The van der Waals surface area contributed by atoms with Crippen LogP contribution in [0.2, 0.25) is 0 Å². The van der Waals surface area contributed by atoms with Crippen molar-refractivity contribution in [3.05, 3.63) is 51.3 Å². The van der Waals surface area contributed by atoms with E-state index in [-0.39, 0.29) is 6.15 Å². The van der Waals surface area contributed by atoms with Gasteiger partial charge in [-0.15, -0.1) is 0 Å². The Bertz CT molecular complexity index is 1090. The topological polar surface area (TPSA) is 55.2 Å². The molecule has 0 radical (unpaired) electrons. The van der Waals surface area contributed by atoms with Gasteiger partial charge in [0.25, 0.3) is 0 Å². The SMILES string of the molecule is Cc1cc(N2CCCC(C)C2)c2c(C)cn(-c3c(C)cc(Br)cc3C)c2n1.O=C=O. The average molecular weight is 470 g/mol. The molecule has 1 aliphatic heterocycles. The Hall–Kier alpha value is -2.43. The number of anilines is 1. The molecule has 1 atom stereocenters. The third kappa shape index (κ3) is 4.35. The number of fused-ring (bicyclic) bond motifs is 1. The van der Waals surface area contributed by atoms with E-state index in [0.29, 0.717) is 0 Å². The zero-order valence-corrected chi connectivity index (χ0v) is 19.8. The molecule has 1 fully saturated rings. The van der Waals surface area contributed by atoms with Crippen LogP contribution in [0.25, 0.3) is 16.7 Å². The largest absolute Gasteiger partial charge is 0.373 e. The molecule has 0 spiro atoms. The molecule has 1 aliphatic rings. The summed E-state index contributed by atoms with van der Waals surface area (Å²) in [6, 6.07) is 6.65. The molecule has 158 valence electrons. The second-order valence-electron chi connectivity index (χ2n) is 8.33. The van der Waals surface area contributed by atoms with Crippen molar-refractivity contribution in [2.24, 2.45) is 5.92 Å². The molecule has 0 N–H and O–H groups in total. The number of hydrogen-bond donors (Lipinski definition) is 0. The van der Waals surface area contributed by atoms with Crippen molar-refractivity contribution < 1.29 is 9.59 Å². The summed E-state index contributed by atoms with van der Waals surface area (Å²) in [5.41, 5.74) is 8.58. The van der Waals surface area contributed by atoms with Crippen LogP contribution in [0.15, 0.2) is 28.9 Å². The van der Waals surface area contributed by atoms with Crippen LogP contribution < -0.4 is 4.90 Å². The van der Waals surface area contributed by atoms with Crippen molar-refractivity contribution in [3.8, 4) is 5.69 Å². The molecule has 4 rings (SSSR count). The summed E-state index contributed by atoms with van der Waals surface area (Å²) in [5, 5.41) is 1.30. The van der Waals surface area contributed by atoms with Crippen LogP contribution in [-0.2, 0) is 9.59 Å². The maximum atomic E-state index is 8.12. The van der Waals surface area contributed by atoms with E-state index in [4.69, 9.17) is 14.6 Å². The van der Waals surface area contributed by atoms with Crippen molar-refractivity contribution in [3.63, 3.8) is 0 Å². The van der Waals surface area contributed by atoms with Crippen molar-refractivity contribution in [2.45, 2.75) is 47.5 Å². The number of pyridine rings is 1. The Morgan fingerprint density at radius 3 is 2.30 bits per heavy atom. The summed E-state index contributed by atoms with van der Waals surface area (Å²) in [5.74, 6) is 0.751. The van der Waals surface area contributed by atoms with Gasteiger partial charge in [0.2, 0.25) is 0 Å². The summed E-state index contributed by atoms with van der Waals surface area (Å²) < 4.78 is 3.42. The minimum absolute atomic E-state index is 0.250. The second-order valence-corrected chi connectivity index (χ2v) is 9.24. The van der Waals surface area contributed by atoms with Crippen LogP contribution >= 0.6 is 15.9 Å². The van der Waals surface area contributed by atoms with Gasteiger partial charge in [-0.25, -0.2) is 4.98 Å². The number of rotatable bonds is 2. The third-order valence-electron chi connectivity index (χ3n) is 5.75. The molecule has 0 amide bonds. The van der Waals surface area contributed by atoms with Gasteiger partial charge in [0.15, 0.2) is 0 Å². The summed E-state index contributed by atoms with van der Waals surface area (Å²) in [6.45, 7) is 13.3. The van der Waals surface area contributed by atoms with Gasteiger partial charge in [-0.05, 0) is 81.3 Å². The quantitative estimate of drug-likeness (QED) is 0.484. The summed E-state index contributed by atoms with van der Waals surface area (Å²) in [4.78, 5) is 23.8. The minimum atomic E-state index is 0.250. The maximum Gasteiger partial charge on any atom is 0.373 e. The normalized spacial score (nSPS) is 16.2. The minimum Gasteiger partial charge on any atom is -0.371 e. The molecule has 0 bridgehead atoms. The predicted octanol–water partition coefficient (Wildman–Crippen LogP) is 5.67. The fourth-order valence-electron chi connectivity index (χ4n) is 4.62. The van der Waals surface area contributed by atoms with E-state index in [1.165, 1.54) is 46.3 Å². The fourth-order valence-corrected chi connectivity index (χ4v) is 5.31. The highest BCUT2D eigenvalue weighted by molar-refractivity contribution is 9.10. The number of piperidine rings is 1. The highest BCUT2D eigenvalue weighted by Gasteiger charge is 2.22.